The van der Waals surface area contributed by atoms with E-state index in [9.17, 15) is 0 Å². The highest BCUT2D eigenvalue weighted by atomic mass is 16.5. The fraction of sp³-hybridized carbons (Fsp3) is 0.474. The maximum atomic E-state index is 5.35. The van der Waals surface area contributed by atoms with Crippen molar-refractivity contribution in [2.24, 2.45) is 0 Å². The second-order valence-corrected chi connectivity index (χ2v) is 6.18. The minimum atomic E-state index is 0.629. The number of nitrogens with one attached hydrogen (secondary N) is 1. The molecule has 1 N–H and O–H groups in total. The second kappa shape index (κ2) is 8.55. The Labute approximate surface area is 149 Å². The number of nitrogens with zero attached hydrogens (tertiary/aromatic N) is 3. The molecule has 1 aromatic carbocycles. The van der Waals surface area contributed by atoms with Crippen LogP contribution in [0.25, 0.3) is 0 Å². The molecule has 0 radical (unpaired) electrons. The lowest BCUT2D eigenvalue weighted by Gasteiger charge is -2.21. The maximum Gasteiger partial charge on any atom is 0.224 e. The lowest BCUT2D eigenvalue weighted by atomic mass is 10.2. The van der Waals surface area contributed by atoms with Gasteiger partial charge in [-0.2, -0.15) is 4.98 Å². The molecule has 2 heterocycles. The van der Waals surface area contributed by atoms with Crippen molar-refractivity contribution in [2.45, 2.75) is 32.2 Å². The van der Waals surface area contributed by atoms with Crippen LogP contribution in [0, 0.1) is 0 Å². The van der Waals surface area contributed by atoms with Crippen LogP contribution in [0.1, 0.15) is 31.2 Å². The predicted molar refractivity (Wildman–Crippen MR) is 99.6 cm³/mol. The third-order valence-corrected chi connectivity index (χ3v) is 4.47. The minimum absolute atomic E-state index is 0.629. The van der Waals surface area contributed by atoms with Crippen LogP contribution < -0.4 is 19.7 Å². The molecule has 25 heavy (non-hydrogen) atoms. The summed E-state index contributed by atoms with van der Waals surface area (Å²) in [5.41, 5.74) is 1.08. The SMILES string of the molecule is COc1ccc(CNc2nccc(N3CCCCCC3)n2)cc1OC. The fourth-order valence-corrected chi connectivity index (χ4v) is 3.08. The number of benzene rings is 1. The van der Waals surface area contributed by atoms with E-state index in [1.807, 2.05) is 30.5 Å². The quantitative estimate of drug-likeness (QED) is 0.867. The van der Waals surface area contributed by atoms with Crippen molar-refractivity contribution >= 4 is 11.8 Å². The first-order valence-corrected chi connectivity index (χ1v) is 8.83. The van der Waals surface area contributed by atoms with Gasteiger partial charge in [0.25, 0.3) is 0 Å². The van der Waals surface area contributed by atoms with E-state index in [0.29, 0.717) is 12.5 Å². The number of hydrogen-bond acceptors (Lipinski definition) is 6. The van der Waals surface area contributed by atoms with E-state index in [4.69, 9.17) is 9.47 Å². The predicted octanol–water partition coefficient (Wildman–Crippen LogP) is 3.49. The van der Waals surface area contributed by atoms with Crippen molar-refractivity contribution < 1.29 is 9.47 Å². The van der Waals surface area contributed by atoms with Gasteiger partial charge >= 0.3 is 0 Å². The molecule has 0 saturated carbocycles. The molecule has 0 aliphatic carbocycles. The van der Waals surface area contributed by atoms with E-state index in [1.165, 1.54) is 25.7 Å². The zero-order chi connectivity index (χ0) is 17.5. The van der Waals surface area contributed by atoms with Gasteiger partial charge in [-0.05, 0) is 36.6 Å². The van der Waals surface area contributed by atoms with E-state index in [0.717, 1.165) is 36.0 Å². The van der Waals surface area contributed by atoms with Crippen molar-refractivity contribution in [1.29, 1.82) is 0 Å². The second-order valence-electron chi connectivity index (χ2n) is 6.18. The molecule has 2 aromatic rings. The van der Waals surface area contributed by atoms with Crippen LogP contribution in [-0.4, -0.2) is 37.3 Å². The Kier molecular flexibility index (Phi) is 5.93. The molecule has 0 amide bonds. The number of methoxy groups -OCH3 is 2. The Morgan fingerprint density at radius 2 is 1.76 bits per heavy atom. The third kappa shape index (κ3) is 4.53. The van der Waals surface area contributed by atoms with Gasteiger partial charge in [-0.1, -0.05) is 18.9 Å². The Balaban J connectivity index is 1.66. The summed E-state index contributed by atoms with van der Waals surface area (Å²) in [5, 5.41) is 3.30. The van der Waals surface area contributed by atoms with Crippen LogP contribution in [-0.2, 0) is 6.54 Å². The fourth-order valence-electron chi connectivity index (χ4n) is 3.08. The average Bonchev–Trinajstić information content (AvgIpc) is 2.96. The molecule has 0 unspecified atom stereocenters. The van der Waals surface area contributed by atoms with Gasteiger partial charge in [0.15, 0.2) is 11.5 Å². The Morgan fingerprint density at radius 1 is 1.00 bits per heavy atom. The van der Waals surface area contributed by atoms with Crippen molar-refractivity contribution in [3.8, 4) is 11.5 Å². The molecule has 6 heteroatoms. The summed E-state index contributed by atoms with van der Waals surface area (Å²) in [5.74, 6) is 3.11. The van der Waals surface area contributed by atoms with E-state index >= 15 is 0 Å². The monoisotopic (exact) mass is 342 g/mol. The molecule has 1 fully saturated rings. The summed E-state index contributed by atoms with van der Waals surface area (Å²) < 4.78 is 10.6. The van der Waals surface area contributed by atoms with Gasteiger partial charge in [0.05, 0.1) is 14.2 Å². The summed E-state index contributed by atoms with van der Waals surface area (Å²) in [4.78, 5) is 11.4. The van der Waals surface area contributed by atoms with Crippen LogP contribution >= 0.6 is 0 Å². The third-order valence-electron chi connectivity index (χ3n) is 4.47. The summed E-state index contributed by atoms with van der Waals surface area (Å²) >= 11 is 0. The Bertz CT molecular complexity index is 685. The molecule has 0 spiro atoms. The highest BCUT2D eigenvalue weighted by Crippen LogP contribution is 2.27. The van der Waals surface area contributed by atoms with Gasteiger partial charge in [-0.15, -0.1) is 0 Å². The molecule has 1 saturated heterocycles. The van der Waals surface area contributed by atoms with Gasteiger partial charge in [0, 0.05) is 25.8 Å². The lowest BCUT2D eigenvalue weighted by Crippen LogP contribution is -2.25. The topological polar surface area (TPSA) is 59.5 Å². The van der Waals surface area contributed by atoms with E-state index in [1.54, 1.807) is 14.2 Å². The van der Waals surface area contributed by atoms with Crippen LogP contribution in [0.2, 0.25) is 0 Å². The van der Waals surface area contributed by atoms with Gasteiger partial charge in [-0.3, -0.25) is 0 Å². The molecule has 3 rings (SSSR count). The highest BCUT2D eigenvalue weighted by molar-refractivity contribution is 5.45. The number of ether oxygens (including phenoxy) is 2. The smallest absolute Gasteiger partial charge is 0.224 e. The first-order chi connectivity index (χ1) is 12.3. The van der Waals surface area contributed by atoms with Crippen molar-refractivity contribution in [1.82, 2.24) is 9.97 Å². The number of aromatic nitrogens is 2. The normalized spacial score (nSPS) is 14.7. The van der Waals surface area contributed by atoms with Gasteiger partial charge in [0.2, 0.25) is 5.95 Å². The average molecular weight is 342 g/mol. The molecule has 1 aromatic heterocycles. The van der Waals surface area contributed by atoms with Crippen LogP contribution in [0.3, 0.4) is 0 Å². The van der Waals surface area contributed by atoms with E-state index in [-0.39, 0.29) is 0 Å². The summed E-state index contributed by atoms with van der Waals surface area (Å²) in [6.07, 6.45) is 6.92. The molecule has 1 aliphatic rings. The van der Waals surface area contributed by atoms with Gasteiger partial charge in [0.1, 0.15) is 5.82 Å². The van der Waals surface area contributed by atoms with Crippen LogP contribution in [0.5, 0.6) is 11.5 Å². The van der Waals surface area contributed by atoms with Crippen molar-refractivity contribution in [3.05, 3.63) is 36.0 Å². The first-order valence-electron chi connectivity index (χ1n) is 8.83. The number of hydrogen-bond donors (Lipinski definition) is 1. The highest BCUT2D eigenvalue weighted by Gasteiger charge is 2.12. The zero-order valence-electron chi connectivity index (χ0n) is 15.0. The lowest BCUT2D eigenvalue weighted by molar-refractivity contribution is 0.354. The van der Waals surface area contributed by atoms with Crippen LogP contribution in [0.4, 0.5) is 11.8 Å². The minimum Gasteiger partial charge on any atom is -0.493 e. The molecule has 0 bridgehead atoms. The number of anilines is 2. The molecular formula is C19H26N4O2. The molecule has 0 atom stereocenters. The standard InChI is InChI=1S/C19H26N4O2/c1-24-16-8-7-15(13-17(16)25-2)14-21-19-20-10-9-18(22-19)23-11-5-3-4-6-12-23/h7-10,13H,3-6,11-12,14H2,1-2H3,(H,20,21,22). The Morgan fingerprint density at radius 3 is 2.48 bits per heavy atom. The van der Waals surface area contributed by atoms with Crippen molar-refractivity contribution in [3.63, 3.8) is 0 Å². The van der Waals surface area contributed by atoms with Crippen molar-refractivity contribution in [2.75, 3.05) is 37.5 Å². The molecule has 6 nitrogen and oxygen atoms in total. The first kappa shape index (κ1) is 17.3. The van der Waals surface area contributed by atoms with Crippen LogP contribution in [0.15, 0.2) is 30.5 Å². The molecule has 134 valence electrons. The zero-order valence-corrected chi connectivity index (χ0v) is 15.0. The Hall–Kier alpha value is -2.50. The molecular weight excluding hydrogens is 316 g/mol. The largest absolute Gasteiger partial charge is 0.493 e. The van der Waals surface area contributed by atoms with E-state index < -0.39 is 0 Å². The van der Waals surface area contributed by atoms with E-state index in [2.05, 4.69) is 20.2 Å². The van der Waals surface area contributed by atoms with Gasteiger partial charge < -0.3 is 19.7 Å². The van der Waals surface area contributed by atoms with Gasteiger partial charge in [-0.25, -0.2) is 4.98 Å². The number of rotatable bonds is 6. The molecule has 1 aliphatic heterocycles. The summed E-state index contributed by atoms with van der Waals surface area (Å²) in [6, 6.07) is 7.87. The summed E-state index contributed by atoms with van der Waals surface area (Å²) in [6.45, 7) is 2.78. The summed E-state index contributed by atoms with van der Waals surface area (Å²) in [7, 11) is 3.28. The maximum absolute atomic E-state index is 5.35.